The Kier molecular flexibility index (Phi) is 6.31. The Hall–Kier alpha value is -0.260. The fourth-order valence-corrected chi connectivity index (χ4v) is 4.15. The van der Waals surface area contributed by atoms with Gasteiger partial charge in [-0.05, 0) is 43.4 Å². The molecular formula is C18H32. The van der Waals surface area contributed by atoms with Crippen molar-refractivity contribution in [3.8, 4) is 0 Å². The normalized spacial score (nSPS) is 30.6. The second-order valence-electron chi connectivity index (χ2n) is 6.58. The fraction of sp³-hybridized carbons (Fsp3) is 0.889. The molecule has 0 aromatic carbocycles. The zero-order valence-electron chi connectivity index (χ0n) is 12.4. The predicted octanol–water partition coefficient (Wildman–Crippen LogP) is 6.12. The first-order valence-corrected chi connectivity index (χ1v) is 8.58. The van der Waals surface area contributed by atoms with Gasteiger partial charge in [0.05, 0.1) is 0 Å². The van der Waals surface area contributed by atoms with Gasteiger partial charge >= 0.3 is 0 Å². The summed E-state index contributed by atoms with van der Waals surface area (Å²) in [6.07, 6.45) is 22.6. The Morgan fingerprint density at radius 2 is 1.67 bits per heavy atom. The molecule has 2 aliphatic carbocycles. The molecule has 0 N–H and O–H groups in total. The maximum absolute atomic E-state index is 2.53. The highest BCUT2D eigenvalue weighted by molar-refractivity contribution is 5.02. The smallest absolute Gasteiger partial charge is 0.0202 e. The van der Waals surface area contributed by atoms with E-state index >= 15 is 0 Å². The maximum atomic E-state index is 2.53. The van der Waals surface area contributed by atoms with Crippen molar-refractivity contribution in [1.29, 1.82) is 0 Å². The highest BCUT2D eigenvalue weighted by Crippen LogP contribution is 2.45. The average Bonchev–Trinajstić information content (AvgIpc) is 2.81. The molecule has 0 heteroatoms. The molecule has 0 unspecified atom stereocenters. The van der Waals surface area contributed by atoms with Crippen LogP contribution in [0, 0.1) is 17.8 Å². The van der Waals surface area contributed by atoms with Crippen molar-refractivity contribution in [3.63, 3.8) is 0 Å². The summed E-state index contributed by atoms with van der Waals surface area (Å²) in [5, 5.41) is 0. The standard InChI is InChI=1S/C18H32/c1-2-3-4-5-6-7-8-11-16-14-15-17-12-9-10-13-18(16)17/h9,12,16-18H,2-8,10-11,13-15H2,1H3/t16-,17+,18+/m0/s1. The van der Waals surface area contributed by atoms with Crippen molar-refractivity contribution in [2.24, 2.45) is 17.8 Å². The summed E-state index contributed by atoms with van der Waals surface area (Å²) in [5.74, 6) is 3.11. The molecule has 1 saturated carbocycles. The lowest BCUT2D eigenvalue weighted by atomic mass is 9.80. The van der Waals surface area contributed by atoms with Gasteiger partial charge in [-0.2, -0.15) is 0 Å². The van der Waals surface area contributed by atoms with E-state index in [1.165, 1.54) is 77.0 Å². The van der Waals surface area contributed by atoms with Crippen LogP contribution in [0.5, 0.6) is 0 Å². The minimum Gasteiger partial charge on any atom is -0.0882 e. The molecule has 18 heavy (non-hydrogen) atoms. The van der Waals surface area contributed by atoms with Crippen LogP contribution in [0.2, 0.25) is 0 Å². The molecule has 0 spiro atoms. The summed E-state index contributed by atoms with van der Waals surface area (Å²) in [7, 11) is 0. The minimum atomic E-state index is 0.966. The van der Waals surface area contributed by atoms with Crippen LogP contribution in [0.15, 0.2) is 12.2 Å². The van der Waals surface area contributed by atoms with E-state index in [4.69, 9.17) is 0 Å². The quantitative estimate of drug-likeness (QED) is 0.358. The van der Waals surface area contributed by atoms with E-state index in [2.05, 4.69) is 19.1 Å². The van der Waals surface area contributed by atoms with E-state index in [9.17, 15) is 0 Å². The van der Waals surface area contributed by atoms with E-state index < -0.39 is 0 Å². The average molecular weight is 248 g/mol. The summed E-state index contributed by atoms with van der Waals surface area (Å²) in [6, 6.07) is 0. The lowest BCUT2D eigenvalue weighted by Crippen LogP contribution is -2.16. The molecule has 2 rings (SSSR count). The van der Waals surface area contributed by atoms with Gasteiger partial charge in [0, 0.05) is 0 Å². The second kappa shape index (κ2) is 8.02. The summed E-state index contributed by atoms with van der Waals surface area (Å²) in [6.45, 7) is 2.30. The summed E-state index contributed by atoms with van der Waals surface area (Å²) in [4.78, 5) is 0. The van der Waals surface area contributed by atoms with Gasteiger partial charge in [-0.25, -0.2) is 0 Å². The Morgan fingerprint density at radius 3 is 2.50 bits per heavy atom. The van der Waals surface area contributed by atoms with Crippen LogP contribution in [0.25, 0.3) is 0 Å². The van der Waals surface area contributed by atoms with Crippen LogP contribution in [0.4, 0.5) is 0 Å². The van der Waals surface area contributed by atoms with Crippen molar-refractivity contribution in [3.05, 3.63) is 12.2 Å². The lowest BCUT2D eigenvalue weighted by molar-refractivity contribution is 0.294. The van der Waals surface area contributed by atoms with Gasteiger partial charge in [-0.3, -0.25) is 0 Å². The topological polar surface area (TPSA) is 0 Å². The van der Waals surface area contributed by atoms with Crippen LogP contribution < -0.4 is 0 Å². The summed E-state index contributed by atoms with van der Waals surface area (Å²) in [5.41, 5.74) is 0. The lowest BCUT2D eigenvalue weighted by Gasteiger charge is -2.25. The van der Waals surface area contributed by atoms with Gasteiger partial charge in [0.25, 0.3) is 0 Å². The Labute approximate surface area is 114 Å². The number of hydrogen-bond donors (Lipinski definition) is 0. The molecule has 0 aliphatic heterocycles. The molecule has 0 heterocycles. The van der Waals surface area contributed by atoms with Crippen LogP contribution in [0.1, 0.15) is 84.0 Å². The molecule has 0 aromatic rings. The number of hydrogen-bond acceptors (Lipinski definition) is 0. The predicted molar refractivity (Wildman–Crippen MR) is 80.7 cm³/mol. The fourth-order valence-electron chi connectivity index (χ4n) is 4.15. The van der Waals surface area contributed by atoms with Gasteiger partial charge in [0.1, 0.15) is 0 Å². The van der Waals surface area contributed by atoms with Gasteiger partial charge < -0.3 is 0 Å². The van der Waals surface area contributed by atoms with Crippen LogP contribution in [0.3, 0.4) is 0 Å². The van der Waals surface area contributed by atoms with E-state index in [0.29, 0.717) is 0 Å². The molecule has 0 radical (unpaired) electrons. The summed E-state index contributed by atoms with van der Waals surface area (Å²) < 4.78 is 0. The van der Waals surface area contributed by atoms with Crippen molar-refractivity contribution < 1.29 is 0 Å². The molecule has 1 fully saturated rings. The minimum absolute atomic E-state index is 0.966. The van der Waals surface area contributed by atoms with Crippen molar-refractivity contribution in [1.82, 2.24) is 0 Å². The van der Waals surface area contributed by atoms with Crippen molar-refractivity contribution >= 4 is 0 Å². The van der Waals surface area contributed by atoms with Gasteiger partial charge in [-0.15, -0.1) is 0 Å². The molecule has 104 valence electrons. The zero-order valence-corrected chi connectivity index (χ0v) is 12.4. The molecule has 0 saturated heterocycles. The summed E-state index contributed by atoms with van der Waals surface area (Å²) >= 11 is 0. The largest absolute Gasteiger partial charge is 0.0882 e. The first kappa shape index (κ1) is 14.2. The van der Waals surface area contributed by atoms with Crippen LogP contribution >= 0.6 is 0 Å². The Balaban J connectivity index is 1.53. The second-order valence-corrected chi connectivity index (χ2v) is 6.58. The molecule has 2 aliphatic rings. The van der Waals surface area contributed by atoms with Gasteiger partial charge in [-0.1, -0.05) is 70.4 Å². The Bertz CT molecular complexity index is 240. The number of unbranched alkanes of at least 4 members (excludes halogenated alkanes) is 6. The third kappa shape index (κ3) is 4.14. The zero-order chi connectivity index (χ0) is 12.6. The van der Waals surface area contributed by atoms with E-state index in [-0.39, 0.29) is 0 Å². The van der Waals surface area contributed by atoms with E-state index in [0.717, 1.165) is 17.8 Å². The number of allylic oxidation sites excluding steroid dienone is 2. The first-order chi connectivity index (χ1) is 8.92. The van der Waals surface area contributed by atoms with Gasteiger partial charge in [0.15, 0.2) is 0 Å². The van der Waals surface area contributed by atoms with Crippen LogP contribution in [-0.4, -0.2) is 0 Å². The Morgan fingerprint density at radius 1 is 0.889 bits per heavy atom. The van der Waals surface area contributed by atoms with Crippen molar-refractivity contribution in [2.75, 3.05) is 0 Å². The molecule has 3 atom stereocenters. The maximum Gasteiger partial charge on any atom is -0.0202 e. The highest BCUT2D eigenvalue weighted by atomic mass is 14.4. The third-order valence-corrected chi connectivity index (χ3v) is 5.25. The molecular weight excluding hydrogens is 216 g/mol. The van der Waals surface area contributed by atoms with E-state index in [1.54, 1.807) is 0 Å². The first-order valence-electron chi connectivity index (χ1n) is 8.58. The molecule has 0 bridgehead atoms. The SMILES string of the molecule is CCCCCCCCC[C@H]1CC[C@H]2C=CCC[C@H]12. The van der Waals surface area contributed by atoms with Crippen molar-refractivity contribution in [2.45, 2.75) is 84.0 Å². The molecule has 0 nitrogen and oxygen atoms in total. The number of rotatable bonds is 8. The monoisotopic (exact) mass is 248 g/mol. The number of fused-ring (bicyclic) bond motifs is 1. The van der Waals surface area contributed by atoms with Crippen LogP contribution in [-0.2, 0) is 0 Å². The third-order valence-electron chi connectivity index (χ3n) is 5.25. The van der Waals surface area contributed by atoms with E-state index in [1.807, 2.05) is 0 Å². The molecule has 0 amide bonds. The molecule has 0 aromatic heterocycles. The van der Waals surface area contributed by atoms with Gasteiger partial charge in [0.2, 0.25) is 0 Å². The highest BCUT2D eigenvalue weighted by Gasteiger charge is 2.34.